The second kappa shape index (κ2) is 5.22. The lowest BCUT2D eigenvalue weighted by Gasteiger charge is -2.21. The van der Waals surface area contributed by atoms with Crippen molar-refractivity contribution in [2.45, 2.75) is 6.92 Å². The minimum atomic E-state index is -0.0586. The number of benzene rings is 1. The molecule has 1 aromatic heterocycles. The normalized spacial score (nSPS) is 13.8. The lowest BCUT2D eigenvalue weighted by molar-refractivity contribution is -0.112. The van der Waals surface area contributed by atoms with E-state index < -0.39 is 0 Å². The van der Waals surface area contributed by atoms with Crippen LogP contribution in [-0.4, -0.2) is 39.2 Å². The molecular weight excluding hydrogens is 256 g/mol. The molecule has 1 fully saturated rings. The van der Waals surface area contributed by atoms with E-state index in [0.29, 0.717) is 0 Å². The fraction of sp³-hybridized carbons (Fsp3) is 0.231. The highest BCUT2D eigenvalue weighted by atomic mass is 16.1. The second-order valence-electron chi connectivity index (χ2n) is 4.59. The molecule has 3 rings (SSSR count). The number of hydrogen-bond donors (Lipinski definition) is 2. The quantitative estimate of drug-likeness (QED) is 0.794. The van der Waals surface area contributed by atoms with Crippen molar-refractivity contribution < 1.29 is 4.79 Å². The maximum Gasteiger partial charge on any atom is 0.251 e. The Balaban J connectivity index is 1.71. The third-order valence-electron chi connectivity index (χ3n) is 3.29. The van der Waals surface area contributed by atoms with Crippen LogP contribution < -0.4 is 10.6 Å². The molecule has 2 aromatic rings. The Labute approximate surface area is 115 Å². The fourth-order valence-corrected chi connectivity index (χ4v) is 1.88. The van der Waals surface area contributed by atoms with Gasteiger partial charge in [-0.1, -0.05) is 0 Å². The fourth-order valence-electron chi connectivity index (χ4n) is 1.88. The molecule has 1 amide bonds. The van der Waals surface area contributed by atoms with Crippen LogP contribution in [0.4, 0.5) is 5.69 Å². The lowest BCUT2D eigenvalue weighted by Crippen LogP contribution is -2.36. The molecule has 0 bridgehead atoms. The minimum Gasteiger partial charge on any atom is -0.322 e. The molecule has 1 saturated heterocycles. The molecule has 0 saturated carbocycles. The number of carbonyl (C=O) groups is 1. The molecule has 1 aliphatic rings. The van der Waals surface area contributed by atoms with E-state index in [4.69, 9.17) is 0 Å². The van der Waals surface area contributed by atoms with Crippen molar-refractivity contribution in [2.75, 3.05) is 18.4 Å². The highest BCUT2D eigenvalue weighted by Crippen LogP contribution is 2.15. The summed E-state index contributed by atoms with van der Waals surface area (Å²) >= 11 is 0. The maximum absolute atomic E-state index is 12.0. The Morgan fingerprint density at radius 2 is 2.05 bits per heavy atom. The summed E-state index contributed by atoms with van der Waals surface area (Å²) in [6, 6.07) is 7.34. The van der Waals surface area contributed by atoms with E-state index in [2.05, 4.69) is 26.2 Å². The summed E-state index contributed by atoms with van der Waals surface area (Å²) in [6.45, 7) is 3.45. The average Bonchev–Trinajstić information content (AvgIpc) is 2.91. The molecule has 0 atom stereocenters. The van der Waals surface area contributed by atoms with Crippen molar-refractivity contribution in [1.82, 2.24) is 25.5 Å². The zero-order chi connectivity index (χ0) is 13.9. The van der Waals surface area contributed by atoms with Gasteiger partial charge in [0, 0.05) is 24.4 Å². The first-order valence-corrected chi connectivity index (χ1v) is 6.28. The van der Waals surface area contributed by atoms with Gasteiger partial charge in [-0.05, 0) is 47.2 Å². The zero-order valence-corrected chi connectivity index (χ0v) is 11.0. The number of rotatable bonds is 3. The molecule has 7 nitrogen and oxygen atoms in total. The first kappa shape index (κ1) is 12.5. The monoisotopic (exact) mass is 270 g/mol. The molecule has 0 unspecified atom stereocenters. The van der Waals surface area contributed by atoms with E-state index >= 15 is 0 Å². The molecule has 1 aliphatic heterocycles. The Hall–Kier alpha value is -2.54. The summed E-state index contributed by atoms with van der Waals surface area (Å²) in [5.74, 6) is -0.0586. The van der Waals surface area contributed by atoms with E-state index in [1.165, 1.54) is 6.33 Å². The van der Waals surface area contributed by atoms with Gasteiger partial charge in [0.05, 0.1) is 5.69 Å². The molecule has 1 aromatic carbocycles. The lowest BCUT2D eigenvalue weighted by atomic mass is 10.0. The summed E-state index contributed by atoms with van der Waals surface area (Å²) in [5, 5.41) is 17.0. The van der Waals surface area contributed by atoms with Crippen molar-refractivity contribution >= 4 is 11.6 Å². The maximum atomic E-state index is 12.0. The van der Waals surface area contributed by atoms with Gasteiger partial charge in [-0.25, -0.2) is 4.68 Å². The first-order valence-electron chi connectivity index (χ1n) is 6.28. The number of aromatic nitrogens is 4. The van der Waals surface area contributed by atoms with Crippen LogP contribution in [0.3, 0.4) is 0 Å². The van der Waals surface area contributed by atoms with E-state index in [1.54, 1.807) is 4.68 Å². The topological polar surface area (TPSA) is 84.7 Å². The van der Waals surface area contributed by atoms with Crippen molar-refractivity contribution in [2.24, 2.45) is 0 Å². The number of tetrazole rings is 1. The van der Waals surface area contributed by atoms with Gasteiger partial charge in [0.1, 0.15) is 6.33 Å². The number of nitrogens with zero attached hydrogens (tertiary/aromatic N) is 4. The Morgan fingerprint density at radius 1 is 1.30 bits per heavy atom. The molecule has 20 heavy (non-hydrogen) atoms. The number of carbonyl (C=O) groups excluding carboxylic acids is 1. The van der Waals surface area contributed by atoms with Crippen LogP contribution in [0.2, 0.25) is 0 Å². The van der Waals surface area contributed by atoms with Crippen LogP contribution in [0.1, 0.15) is 6.92 Å². The van der Waals surface area contributed by atoms with Gasteiger partial charge in [0.25, 0.3) is 5.91 Å². The standard InChI is InChI=1S/C13H14N6O/c1-9(10-6-14-7-10)13(20)16-11-2-4-12(5-3-11)19-8-15-17-18-19/h2-5,8,14H,6-7H2,1H3,(H,16,20). The smallest absolute Gasteiger partial charge is 0.251 e. The minimum absolute atomic E-state index is 0.0586. The summed E-state index contributed by atoms with van der Waals surface area (Å²) < 4.78 is 1.55. The van der Waals surface area contributed by atoms with E-state index in [9.17, 15) is 4.79 Å². The molecule has 2 heterocycles. The van der Waals surface area contributed by atoms with Crippen molar-refractivity contribution in [3.05, 3.63) is 41.7 Å². The molecule has 0 aliphatic carbocycles. The largest absolute Gasteiger partial charge is 0.322 e. The van der Waals surface area contributed by atoms with E-state index in [-0.39, 0.29) is 5.91 Å². The van der Waals surface area contributed by atoms with Gasteiger partial charge in [-0.15, -0.1) is 5.10 Å². The third kappa shape index (κ3) is 2.43. The predicted molar refractivity (Wildman–Crippen MR) is 73.4 cm³/mol. The molecule has 0 spiro atoms. The van der Waals surface area contributed by atoms with Crippen molar-refractivity contribution in [1.29, 1.82) is 0 Å². The van der Waals surface area contributed by atoms with Crippen LogP contribution in [0.5, 0.6) is 0 Å². The van der Waals surface area contributed by atoms with Crippen LogP contribution in [0.15, 0.2) is 41.7 Å². The summed E-state index contributed by atoms with van der Waals surface area (Å²) in [7, 11) is 0. The number of nitrogens with one attached hydrogen (secondary N) is 2. The van der Waals surface area contributed by atoms with Gasteiger partial charge >= 0.3 is 0 Å². The van der Waals surface area contributed by atoms with Crippen LogP contribution >= 0.6 is 0 Å². The summed E-state index contributed by atoms with van der Waals surface area (Å²) in [5.41, 5.74) is 3.53. The van der Waals surface area contributed by atoms with E-state index in [1.807, 2.05) is 31.2 Å². The SMILES string of the molecule is CC(C(=O)Nc1ccc(-n2cnnn2)cc1)=C1CNC1. The number of anilines is 1. The molecule has 0 radical (unpaired) electrons. The second-order valence-corrected chi connectivity index (χ2v) is 4.59. The van der Waals surface area contributed by atoms with Gasteiger partial charge < -0.3 is 10.6 Å². The number of hydrogen-bond acceptors (Lipinski definition) is 5. The van der Waals surface area contributed by atoms with Gasteiger partial charge in [-0.2, -0.15) is 0 Å². The molecular formula is C13H14N6O. The highest BCUT2D eigenvalue weighted by molar-refractivity contribution is 6.04. The average molecular weight is 270 g/mol. The molecule has 102 valence electrons. The summed E-state index contributed by atoms with van der Waals surface area (Å²) in [6.07, 6.45) is 1.52. The van der Waals surface area contributed by atoms with Crippen LogP contribution in [0, 0.1) is 0 Å². The van der Waals surface area contributed by atoms with Gasteiger partial charge in [0.15, 0.2) is 0 Å². The third-order valence-corrected chi connectivity index (χ3v) is 3.29. The Bertz CT molecular complexity index is 638. The van der Waals surface area contributed by atoms with Crippen LogP contribution in [0.25, 0.3) is 5.69 Å². The van der Waals surface area contributed by atoms with Gasteiger partial charge in [-0.3, -0.25) is 4.79 Å². The first-order chi connectivity index (χ1) is 9.74. The molecule has 2 N–H and O–H groups in total. The summed E-state index contributed by atoms with van der Waals surface area (Å²) in [4.78, 5) is 12.0. The predicted octanol–water partition coefficient (Wildman–Crippen LogP) is 0.520. The van der Waals surface area contributed by atoms with Crippen molar-refractivity contribution in [3.8, 4) is 5.69 Å². The Kier molecular flexibility index (Phi) is 3.26. The van der Waals surface area contributed by atoms with Crippen LogP contribution in [-0.2, 0) is 4.79 Å². The van der Waals surface area contributed by atoms with E-state index in [0.717, 1.165) is 35.6 Å². The van der Waals surface area contributed by atoms with Gasteiger partial charge in [0.2, 0.25) is 0 Å². The highest BCUT2D eigenvalue weighted by Gasteiger charge is 2.15. The van der Waals surface area contributed by atoms with Crippen molar-refractivity contribution in [3.63, 3.8) is 0 Å². The Morgan fingerprint density at radius 3 is 2.60 bits per heavy atom. The number of amides is 1. The zero-order valence-electron chi connectivity index (χ0n) is 11.0. The molecule has 7 heteroatoms.